The van der Waals surface area contributed by atoms with Gasteiger partial charge >= 0.3 is 0 Å². The van der Waals surface area contributed by atoms with Gasteiger partial charge in [0.05, 0.1) is 31.6 Å². The molecule has 0 amide bonds. The van der Waals surface area contributed by atoms with Crippen LogP contribution in [0.25, 0.3) is 11.3 Å². The Morgan fingerprint density at radius 2 is 1.92 bits per heavy atom. The van der Waals surface area contributed by atoms with Crippen molar-refractivity contribution in [2.24, 2.45) is 0 Å². The van der Waals surface area contributed by atoms with Crippen molar-refractivity contribution in [2.45, 2.75) is 6.54 Å². The van der Waals surface area contributed by atoms with Crippen molar-refractivity contribution in [2.75, 3.05) is 36.5 Å². The van der Waals surface area contributed by atoms with Gasteiger partial charge in [-0.1, -0.05) is 30.3 Å². The number of imidazole rings is 1. The first kappa shape index (κ1) is 15.6. The summed E-state index contributed by atoms with van der Waals surface area (Å²) in [5.41, 5.74) is 2.13. The third kappa shape index (κ3) is 3.77. The van der Waals surface area contributed by atoms with Gasteiger partial charge in [0.15, 0.2) is 0 Å². The first-order valence-corrected chi connectivity index (χ1v) is 8.36. The lowest BCUT2D eigenvalue weighted by Crippen LogP contribution is -2.36. The lowest BCUT2D eigenvalue weighted by Gasteiger charge is -2.27. The highest BCUT2D eigenvalue weighted by Crippen LogP contribution is 2.18. The van der Waals surface area contributed by atoms with E-state index in [1.54, 1.807) is 6.33 Å². The number of hydrogen-bond acceptors (Lipinski definition) is 6. The molecule has 1 saturated heterocycles. The van der Waals surface area contributed by atoms with Gasteiger partial charge in [-0.3, -0.25) is 0 Å². The minimum Gasteiger partial charge on any atom is -0.378 e. The molecular formula is C18H20N6O. The Bertz CT molecular complexity index is 813. The zero-order chi connectivity index (χ0) is 16.9. The van der Waals surface area contributed by atoms with Crippen molar-refractivity contribution in [1.29, 1.82) is 0 Å². The van der Waals surface area contributed by atoms with Crippen LogP contribution in [0.15, 0.2) is 48.9 Å². The molecule has 2 aromatic heterocycles. The molecule has 3 aromatic rings. The zero-order valence-corrected chi connectivity index (χ0v) is 13.9. The van der Waals surface area contributed by atoms with E-state index in [-0.39, 0.29) is 0 Å². The van der Waals surface area contributed by atoms with Crippen molar-refractivity contribution in [3.63, 3.8) is 0 Å². The topological polar surface area (TPSA) is 79.0 Å². The maximum Gasteiger partial charge on any atom is 0.134 e. The number of nitrogens with one attached hydrogen (secondary N) is 2. The molecule has 4 rings (SSSR count). The van der Waals surface area contributed by atoms with E-state index in [4.69, 9.17) is 4.74 Å². The summed E-state index contributed by atoms with van der Waals surface area (Å²) >= 11 is 0. The van der Waals surface area contributed by atoms with Gasteiger partial charge in [0.2, 0.25) is 0 Å². The summed E-state index contributed by atoms with van der Waals surface area (Å²) in [4.78, 5) is 18.6. The van der Waals surface area contributed by atoms with Crippen LogP contribution in [0.5, 0.6) is 0 Å². The lowest BCUT2D eigenvalue weighted by molar-refractivity contribution is 0.122. The molecule has 1 aliphatic heterocycles. The van der Waals surface area contributed by atoms with Gasteiger partial charge in [0.25, 0.3) is 0 Å². The first-order valence-electron chi connectivity index (χ1n) is 8.36. The Kier molecular flexibility index (Phi) is 4.56. The van der Waals surface area contributed by atoms with E-state index in [1.807, 2.05) is 30.5 Å². The molecule has 0 spiro atoms. The minimum atomic E-state index is 0.576. The third-order valence-electron chi connectivity index (χ3n) is 4.14. The summed E-state index contributed by atoms with van der Waals surface area (Å²) in [6, 6.07) is 12.1. The first-order chi connectivity index (χ1) is 12.4. The van der Waals surface area contributed by atoms with E-state index in [1.165, 1.54) is 0 Å². The summed E-state index contributed by atoms with van der Waals surface area (Å²) in [7, 11) is 0. The van der Waals surface area contributed by atoms with Gasteiger partial charge in [-0.15, -0.1) is 0 Å². The molecule has 0 atom stereocenters. The molecule has 1 aliphatic rings. The number of rotatable bonds is 5. The zero-order valence-electron chi connectivity index (χ0n) is 13.9. The molecule has 0 saturated carbocycles. The van der Waals surface area contributed by atoms with Crippen molar-refractivity contribution in [3.05, 3.63) is 54.7 Å². The standard InChI is InChI=1S/C18H20N6O/c1-2-4-14(5-3-1)15-11-19-17(23-15)12-20-16-10-18(22-13-21-16)24-6-8-25-9-7-24/h1-5,10-11,13H,6-9,12H2,(H,19,23)(H,20,21,22). The van der Waals surface area contributed by atoms with Crippen molar-refractivity contribution in [1.82, 2.24) is 19.9 Å². The second-order valence-corrected chi connectivity index (χ2v) is 5.82. The number of ether oxygens (including phenoxy) is 1. The quantitative estimate of drug-likeness (QED) is 0.744. The van der Waals surface area contributed by atoms with E-state index in [0.29, 0.717) is 6.54 Å². The summed E-state index contributed by atoms with van der Waals surface area (Å²) < 4.78 is 5.38. The van der Waals surface area contributed by atoms with Gasteiger partial charge in [-0.25, -0.2) is 15.0 Å². The molecule has 128 valence electrons. The SMILES string of the molecule is c1ccc(-c2cnc(CNc3cc(N4CCOCC4)ncn3)[nH]2)cc1. The lowest BCUT2D eigenvalue weighted by atomic mass is 10.2. The van der Waals surface area contributed by atoms with Gasteiger partial charge in [0, 0.05) is 19.2 Å². The van der Waals surface area contributed by atoms with Crippen LogP contribution < -0.4 is 10.2 Å². The molecule has 1 fully saturated rings. The van der Waals surface area contributed by atoms with Gasteiger partial charge in [0.1, 0.15) is 23.8 Å². The molecule has 7 nitrogen and oxygen atoms in total. The number of aromatic amines is 1. The largest absolute Gasteiger partial charge is 0.378 e. The Hall–Kier alpha value is -2.93. The molecule has 0 bridgehead atoms. The molecule has 0 radical (unpaired) electrons. The molecule has 0 unspecified atom stereocenters. The maximum absolute atomic E-state index is 5.38. The molecule has 2 N–H and O–H groups in total. The average Bonchev–Trinajstić information content (AvgIpc) is 3.17. The number of aromatic nitrogens is 4. The fourth-order valence-corrected chi connectivity index (χ4v) is 2.80. The van der Waals surface area contributed by atoms with Crippen LogP contribution in [0, 0.1) is 0 Å². The highest BCUT2D eigenvalue weighted by molar-refractivity contribution is 5.58. The number of nitrogens with zero attached hydrogens (tertiary/aromatic N) is 4. The molecule has 0 aliphatic carbocycles. The number of anilines is 2. The van der Waals surface area contributed by atoms with E-state index in [0.717, 1.165) is 55.0 Å². The molecular weight excluding hydrogens is 316 g/mol. The summed E-state index contributed by atoms with van der Waals surface area (Å²) in [5, 5.41) is 3.30. The molecule has 1 aromatic carbocycles. The number of hydrogen-bond donors (Lipinski definition) is 2. The van der Waals surface area contributed by atoms with Crippen molar-refractivity contribution in [3.8, 4) is 11.3 Å². The summed E-state index contributed by atoms with van der Waals surface area (Å²) in [5.74, 6) is 2.57. The van der Waals surface area contributed by atoms with Gasteiger partial charge in [-0.05, 0) is 5.56 Å². The number of morpholine rings is 1. The summed E-state index contributed by atoms with van der Waals surface area (Å²) in [6.07, 6.45) is 3.44. The molecule has 25 heavy (non-hydrogen) atoms. The fourth-order valence-electron chi connectivity index (χ4n) is 2.80. The molecule has 7 heteroatoms. The average molecular weight is 336 g/mol. The van der Waals surface area contributed by atoms with Gasteiger partial charge in [-0.2, -0.15) is 0 Å². The van der Waals surface area contributed by atoms with Gasteiger partial charge < -0.3 is 19.9 Å². The number of H-pyrrole nitrogens is 1. The van der Waals surface area contributed by atoms with Crippen LogP contribution >= 0.6 is 0 Å². The van der Waals surface area contributed by atoms with Crippen LogP contribution in [-0.4, -0.2) is 46.2 Å². The predicted molar refractivity (Wildman–Crippen MR) is 96.4 cm³/mol. The van der Waals surface area contributed by atoms with E-state index in [9.17, 15) is 0 Å². The highest BCUT2D eigenvalue weighted by atomic mass is 16.5. The van der Waals surface area contributed by atoms with E-state index < -0.39 is 0 Å². The number of benzene rings is 1. The Balaban J connectivity index is 1.41. The molecule has 3 heterocycles. The maximum atomic E-state index is 5.38. The predicted octanol–water partition coefficient (Wildman–Crippen LogP) is 2.32. The fraction of sp³-hybridized carbons (Fsp3) is 0.278. The monoisotopic (exact) mass is 336 g/mol. The Morgan fingerprint density at radius 1 is 1.08 bits per heavy atom. The Morgan fingerprint density at radius 3 is 2.76 bits per heavy atom. The smallest absolute Gasteiger partial charge is 0.134 e. The summed E-state index contributed by atoms with van der Waals surface area (Å²) in [6.45, 7) is 3.76. The Labute approximate surface area is 146 Å². The van der Waals surface area contributed by atoms with Crippen LogP contribution in [0.3, 0.4) is 0 Å². The second kappa shape index (κ2) is 7.31. The minimum absolute atomic E-state index is 0.576. The van der Waals surface area contributed by atoms with Crippen molar-refractivity contribution >= 4 is 11.6 Å². The van der Waals surface area contributed by atoms with E-state index >= 15 is 0 Å². The van der Waals surface area contributed by atoms with Crippen LogP contribution in [0.2, 0.25) is 0 Å². The van der Waals surface area contributed by atoms with E-state index in [2.05, 4.69) is 42.3 Å². The van der Waals surface area contributed by atoms with Crippen molar-refractivity contribution < 1.29 is 4.74 Å². The highest BCUT2D eigenvalue weighted by Gasteiger charge is 2.13. The van der Waals surface area contributed by atoms with Crippen LogP contribution in [0.1, 0.15) is 5.82 Å². The third-order valence-corrected chi connectivity index (χ3v) is 4.14. The second-order valence-electron chi connectivity index (χ2n) is 5.82. The van der Waals surface area contributed by atoms with Crippen LogP contribution in [0.4, 0.5) is 11.6 Å². The van der Waals surface area contributed by atoms with Crippen LogP contribution in [-0.2, 0) is 11.3 Å². The normalized spacial score (nSPS) is 14.5.